The number of aliphatic hydroxyl groups is 1. The lowest BCUT2D eigenvalue weighted by Gasteiger charge is -2.22. The Morgan fingerprint density at radius 2 is 1.59 bits per heavy atom. The van der Waals surface area contributed by atoms with E-state index in [1.54, 1.807) is 48.5 Å². The average molecular weight is 397 g/mol. The molecule has 1 atom stereocenters. The van der Waals surface area contributed by atoms with Crippen LogP contribution in [0.5, 0.6) is 0 Å². The van der Waals surface area contributed by atoms with Gasteiger partial charge in [-0.3, -0.25) is 14.4 Å². The summed E-state index contributed by atoms with van der Waals surface area (Å²) < 4.78 is 0. The van der Waals surface area contributed by atoms with E-state index in [9.17, 15) is 14.4 Å². The molecule has 7 nitrogen and oxygen atoms in total. The van der Waals surface area contributed by atoms with Gasteiger partial charge in [-0.1, -0.05) is 44.2 Å². The van der Waals surface area contributed by atoms with Gasteiger partial charge in [-0.25, -0.2) is 0 Å². The van der Waals surface area contributed by atoms with Crippen molar-refractivity contribution in [2.75, 3.05) is 18.5 Å². The van der Waals surface area contributed by atoms with E-state index < -0.39 is 11.9 Å². The van der Waals surface area contributed by atoms with Crippen molar-refractivity contribution in [1.82, 2.24) is 10.6 Å². The fraction of sp³-hybridized carbons (Fsp3) is 0.318. The third kappa shape index (κ3) is 6.43. The van der Waals surface area contributed by atoms with Crippen LogP contribution in [0.15, 0.2) is 54.6 Å². The van der Waals surface area contributed by atoms with Crippen molar-refractivity contribution in [3.05, 3.63) is 65.7 Å². The van der Waals surface area contributed by atoms with Crippen molar-refractivity contribution in [2.24, 2.45) is 5.92 Å². The summed E-state index contributed by atoms with van der Waals surface area (Å²) in [6.07, 6.45) is 0.443. The summed E-state index contributed by atoms with van der Waals surface area (Å²) >= 11 is 0. The minimum Gasteiger partial charge on any atom is -0.396 e. The third-order valence-corrected chi connectivity index (χ3v) is 4.33. The molecule has 2 aromatic carbocycles. The average Bonchev–Trinajstić information content (AvgIpc) is 2.72. The molecule has 2 rings (SSSR count). The highest BCUT2D eigenvalue weighted by molar-refractivity contribution is 6.09. The Hall–Kier alpha value is -3.19. The van der Waals surface area contributed by atoms with E-state index in [-0.39, 0.29) is 29.9 Å². The molecular weight excluding hydrogens is 370 g/mol. The molecule has 0 saturated heterocycles. The minimum atomic E-state index is -0.737. The van der Waals surface area contributed by atoms with Gasteiger partial charge in [0, 0.05) is 18.7 Å². The van der Waals surface area contributed by atoms with E-state index in [0.717, 1.165) is 0 Å². The zero-order valence-corrected chi connectivity index (χ0v) is 16.6. The van der Waals surface area contributed by atoms with Crippen LogP contribution in [0.2, 0.25) is 0 Å². The summed E-state index contributed by atoms with van der Waals surface area (Å²) in [6.45, 7) is 3.98. The number of hydrogen-bond acceptors (Lipinski definition) is 4. The molecule has 29 heavy (non-hydrogen) atoms. The van der Waals surface area contributed by atoms with Crippen molar-refractivity contribution in [2.45, 2.75) is 26.3 Å². The Morgan fingerprint density at radius 1 is 0.931 bits per heavy atom. The van der Waals surface area contributed by atoms with Crippen molar-refractivity contribution in [1.29, 1.82) is 0 Å². The number of carbonyl (C=O) groups excluding carboxylic acids is 3. The Balaban J connectivity index is 2.13. The van der Waals surface area contributed by atoms with Gasteiger partial charge in [0.25, 0.3) is 11.8 Å². The molecule has 0 aromatic heterocycles. The topological polar surface area (TPSA) is 108 Å². The molecule has 0 fully saturated rings. The summed E-state index contributed by atoms with van der Waals surface area (Å²) in [5.41, 5.74) is 1.11. The number of carbonyl (C=O) groups is 3. The number of hydrogen-bond donors (Lipinski definition) is 4. The van der Waals surface area contributed by atoms with Gasteiger partial charge in [-0.2, -0.15) is 0 Å². The maximum Gasteiger partial charge on any atom is 0.255 e. The number of aliphatic hydroxyl groups excluding tert-OH is 1. The van der Waals surface area contributed by atoms with E-state index in [4.69, 9.17) is 5.11 Å². The first kappa shape index (κ1) is 22.1. The summed E-state index contributed by atoms with van der Waals surface area (Å²) in [4.78, 5) is 37.7. The lowest BCUT2D eigenvalue weighted by molar-refractivity contribution is -0.123. The van der Waals surface area contributed by atoms with Crippen LogP contribution >= 0.6 is 0 Å². The SMILES string of the molecule is CC(C)C(NC(=O)c1ccccc1NC(=O)c1ccccc1)C(=O)NCCCO. The van der Waals surface area contributed by atoms with Crippen LogP contribution in [0.1, 0.15) is 41.0 Å². The second-order valence-corrected chi connectivity index (χ2v) is 6.93. The van der Waals surface area contributed by atoms with Crippen LogP contribution in [0.3, 0.4) is 0 Å². The van der Waals surface area contributed by atoms with Crippen molar-refractivity contribution >= 4 is 23.4 Å². The highest BCUT2D eigenvalue weighted by Gasteiger charge is 2.25. The first-order chi connectivity index (χ1) is 13.9. The Bertz CT molecular complexity index is 837. The van der Waals surface area contributed by atoms with Gasteiger partial charge < -0.3 is 21.1 Å². The van der Waals surface area contributed by atoms with Crippen molar-refractivity contribution < 1.29 is 19.5 Å². The van der Waals surface area contributed by atoms with E-state index in [1.165, 1.54) is 0 Å². The van der Waals surface area contributed by atoms with Gasteiger partial charge in [-0.05, 0) is 36.6 Å². The molecule has 3 amide bonds. The Kier molecular flexibility index (Phi) is 8.36. The number of anilines is 1. The summed E-state index contributed by atoms with van der Waals surface area (Å²) in [5.74, 6) is -1.23. The fourth-order valence-corrected chi connectivity index (χ4v) is 2.73. The van der Waals surface area contributed by atoms with Gasteiger partial charge in [0.2, 0.25) is 5.91 Å². The molecule has 4 N–H and O–H groups in total. The highest BCUT2D eigenvalue weighted by atomic mass is 16.3. The van der Waals surface area contributed by atoms with Gasteiger partial charge >= 0.3 is 0 Å². The van der Waals surface area contributed by atoms with Gasteiger partial charge in [-0.15, -0.1) is 0 Å². The molecule has 154 valence electrons. The first-order valence-corrected chi connectivity index (χ1v) is 9.59. The molecule has 0 aliphatic carbocycles. The van der Waals surface area contributed by atoms with E-state index in [1.807, 2.05) is 19.9 Å². The molecule has 1 unspecified atom stereocenters. The van der Waals surface area contributed by atoms with Gasteiger partial charge in [0.1, 0.15) is 6.04 Å². The standard InChI is InChI=1S/C22H27N3O4/c1-15(2)19(22(29)23-13-8-14-26)25-21(28)17-11-6-7-12-18(17)24-20(27)16-9-4-3-5-10-16/h3-7,9-12,15,19,26H,8,13-14H2,1-2H3,(H,23,29)(H,24,27)(H,25,28). The van der Waals surface area contributed by atoms with Gasteiger partial charge in [0.15, 0.2) is 0 Å². The molecule has 0 saturated carbocycles. The molecule has 0 bridgehead atoms. The number of benzene rings is 2. The molecule has 0 aliphatic rings. The van der Waals surface area contributed by atoms with Crippen LogP contribution in [0.25, 0.3) is 0 Å². The summed E-state index contributed by atoms with van der Waals surface area (Å²) in [6, 6.07) is 14.6. The third-order valence-electron chi connectivity index (χ3n) is 4.33. The molecule has 0 heterocycles. The first-order valence-electron chi connectivity index (χ1n) is 9.59. The van der Waals surface area contributed by atoms with Crippen molar-refractivity contribution in [3.63, 3.8) is 0 Å². The predicted molar refractivity (Wildman–Crippen MR) is 112 cm³/mol. The van der Waals surface area contributed by atoms with Crippen LogP contribution in [0, 0.1) is 5.92 Å². The summed E-state index contributed by atoms with van der Waals surface area (Å²) in [7, 11) is 0. The van der Waals surface area contributed by atoms with Crippen molar-refractivity contribution in [3.8, 4) is 0 Å². The maximum atomic E-state index is 12.9. The predicted octanol–water partition coefficient (Wildman–Crippen LogP) is 2.19. The quantitative estimate of drug-likeness (QED) is 0.487. The minimum absolute atomic E-state index is 0.0204. The smallest absolute Gasteiger partial charge is 0.255 e. The fourth-order valence-electron chi connectivity index (χ4n) is 2.73. The molecule has 0 spiro atoms. The van der Waals surface area contributed by atoms with Crippen LogP contribution < -0.4 is 16.0 Å². The Labute approximate surface area is 170 Å². The van der Waals surface area contributed by atoms with E-state index >= 15 is 0 Å². The zero-order valence-electron chi connectivity index (χ0n) is 16.6. The van der Waals surface area contributed by atoms with E-state index in [2.05, 4.69) is 16.0 Å². The lowest BCUT2D eigenvalue weighted by Crippen LogP contribution is -2.50. The number of rotatable bonds is 9. The van der Waals surface area contributed by atoms with Crippen LogP contribution in [-0.4, -0.2) is 42.0 Å². The number of nitrogens with one attached hydrogen (secondary N) is 3. The van der Waals surface area contributed by atoms with Gasteiger partial charge in [0.05, 0.1) is 11.3 Å². The summed E-state index contributed by atoms with van der Waals surface area (Å²) in [5, 5.41) is 17.1. The highest BCUT2D eigenvalue weighted by Crippen LogP contribution is 2.17. The normalized spacial score (nSPS) is 11.6. The molecule has 2 aromatic rings. The molecular formula is C22H27N3O4. The second kappa shape index (κ2) is 11.0. The maximum absolute atomic E-state index is 12.9. The second-order valence-electron chi connectivity index (χ2n) is 6.93. The largest absolute Gasteiger partial charge is 0.396 e. The lowest BCUT2D eigenvalue weighted by atomic mass is 10.0. The zero-order chi connectivity index (χ0) is 21.2. The number of amides is 3. The number of para-hydroxylation sites is 1. The molecule has 0 radical (unpaired) electrons. The van der Waals surface area contributed by atoms with E-state index in [0.29, 0.717) is 24.2 Å². The van der Waals surface area contributed by atoms with Crippen LogP contribution in [0.4, 0.5) is 5.69 Å². The Morgan fingerprint density at radius 3 is 2.24 bits per heavy atom. The molecule has 0 aliphatic heterocycles. The monoisotopic (exact) mass is 397 g/mol. The molecule has 7 heteroatoms. The van der Waals surface area contributed by atoms with Crippen LogP contribution in [-0.2, 0) is 4.79 Å².